The molecule has 20 heavy (non-hydrogen) atoms. The van der Waals surface area contributed by atoms with Crippen LogP contribution in [0.1, 0.15) is 25.5 Å². The van der Waals surface area contributed by atoms with Crippen molar-refractivity contribution in [2.45, 2.75) is 19.9 Å². The van der Waals surface area contributed by atoms with Gasteiger partial charge in [-0.3, -0.25) is 9.69 Å². The van der Waals surface area contributed by atoms with Crippen LogP contribution in [-0.2, 0) is 4.79 Å². The van der Waals surface area contributed by atoms with Gasteiger partial charge in [0.05, 0.1) is 13.7 Å². The molecule has 5 nitrogen and oxygen atoms in total. The van der Waals surface area contributed by atoms with Crippen LogP contribution >= 0.6 is 0 Å². The highest BCUT2D eigenvalue weighted by molar-refractivity contribution is 5.76. The molecular formula is C15H25N3O2. The van der Waals surface area contributed by atoms with Gasteiger partial charge in [-0.1, -0.05) is 26.0 Å². The number of amides is 1. The number of nitrogens with zero attached hydrogens (tertiary/aromatic N) is 1. The van der Waals surface area contributed by atoms with Crippen molar-refractivity contribution in [1.82, 2.24) is 4.90 Å². The zero-order chi connectivity index (χ0) is 15.1. The molecule has 1 aromatic carbocycles. The van der Waals surface area contributed by atoms with Crippen LogP contribution in [0.15, 0.2) is 24.3 Å². The third-order valence-corrected chi connectivity index (χ3v) is 3.10. The summed E-state index contributed by atoms with van der Waals surface area (Å²) in [6.45, 7) is 5.60. The number of benzene rings is 1. The number of nitrogens with two attached hydrogens (primary N) is 2. The third-order valence-electron chi connectivity index (χ3n) is 3.10. The number of rotatable bonds is 8. The summed E-state index contributed by atoms with van der Waals surface area (Å²) >= 11 is 0. The lowest BCUT2D eigenvalue weighted by Gasteiger charge is -2.31. The van der Waals surface area contributed by atoms with Gasteiger partial charge in [0.2, 0.25) is 5.91 Å². The maximum Gasteiger partial charge on any atom is 0.231 e. The molecule has 4 N–H and O–H groups in total. The Labute approximate surface area is 120 Å². The molecule has 0 aliphatic heterocycles. The zero-order valence-corrected chi connectivity index (χ0v) is 12.5. The second-order valence-electron chi connectivity index (χ2n) is 5.32. The molecule has 5 heteroatoms. The maximum atomic E-state index is 11.3. The Morgan fingerprint density at radius 1 is 1.40 bits per heavy atom. The Morgan fingerprint density at radius 3 is 2.60 bits per heavy atom. The summed E-state index contributed by atoms with van der Waals surface area (Å²) in [6, 6.07) is 7.72. The summed E-state index contributed by atoms with van der Waals surface area (Å²) in [5.74, 6) is 0.866. The Morgan fingerprint density at radius 2 is 2.10 bits per heavy atom. The van der Waals surface area contributed by atoms with Crippen molar-refractivity contribution >= 4 is 5.91 Å². The van der Waals surface area contributed by atoms with Crippen molar-refractivity contribution in [2.24, 2.45) is 17.4 Å². The minimum absolute atomic E-state index is 0.0417. The van der Waals surface area contributed by atoms with E-state index in [-0.39, 0.29) is 18.5 Å². The van der Waals surface area contributed by atoms with Gasteiger partial charge in [-0.25, -0.2) is 0 Å². The van der Waals surface area contributed by atoms with Crippen molar-refractivity contribution < 1.29 is 9.53 Å². The van der Waals surface area contributed by atoms with Crippen molar-refractivity contribution in [3.8, 4) is 5.75 Å². The molecule has 0 aliphatic carbocycles. The summed E-state index contributed by atoms with van der Waals surface area (Å²) in [6.07, 6.45) is 0. The van der Waals surface area contributed by atoms with Gasteiger partial charge in [-0.15, -0.1) is 0 Å². The van der Waals surface area contributed by atoms with E-state index >= 15 is 0 Å². The molecule has 1 aromatic rings. The van der Waals surface area contributed by atoms with E-state index in [4.69, 9.17) is 16.2 Å². The lowest BCUT2D eigenvalue weighted by molar-refractivity contribution is -0.119. The van der Waals surface area contributed by atoms with E-state index in [0.29, 0.717) is 12.5 Å². The molecule has 1 unspecified atom stereocenters. The first-order valence-corrected chi connectivity index (χ1v) is 6.84. The molecule has 0 saturated heterocycles. The van der Waals surface area contributed by atoms with Gasteiger partial charge < -0.3 is 16.2 Å². The number of primary amides is 1. The van der Waals surface area contributed by atoms with Crippen LogP contribution in [0.4, 0.5) is 0 Å². The average Bonchev–Trinajstić information content (AvgIpc) is 2.38. The van der Waals surface area contributed by atoms with E-state index in [2.05, 4.69) is 13.8 Å². The lowest BCUT2D eigenvalue weighted by Crippen LogP contribution is -2.41. The van der Waals surface area contributed by atoms with Crippen LogP contribution in [-0.4, -0.2) is 37.6 Å². The monoisotopic (exact) mass is 279 g/mol. The standard InChI is InChI=1S/C15H25N3O2/c1-11(2)9-18(10-15(17)19)14(8-16)12-5-4-6-13(7-12)20-3/h4-7,11,14H,8-10,16H2,1-3H3,(H2,17,19). The van der Waals surface area contributed by atoms with E-state index in [1.54, 1.807) is 7.11 Å². The fraction of sp³-hybridized carbons (Fsp3) is 0.533. The first-order valence-electron chi connectivity index (χ1n) is 6.84. The summed E-state index contributed by atoms with van der Waals surface area (Å²) < 4.78 is 5.24. The van der Waals surface area contributed by atoms with Gasteiger partial charge in [0.15, 0.2) is 0 Å². The van der Waals surface area contributed by atoms with Gasteiger partial charge in [0, 0.05) is 19.1 Å². The molecule has 0 radical (unpaired) electrons. The number of hydrogen-bond acceptors (Lipinski definition) is 4. The minimum Gasteiger partial charge on any atom is -0.497 e. The Hall–Kier alpha value is -1.59. The molecule has 0 fully saturated rings. The molecule has 0 spiro atoms. The van der Waals surface area contributed by atoms with Crippen molar-refractivity contribution in [3.05, 3.63) is 29.8 Å². The van der Waals surface area contributed by atoms with Crippen LogP contribution in [0.3, 0.4) is 0 Å². The molecule has 0 aromatic heterocycles. The highest BCUT2D eigenvalue weighted by Gasteiger charge is 2.21. The molecule has 1 rings (SSSR count). The van der Waals surface area contributed by atoms with E-state index in [0.717, 1.165) is 17.9 Å². The van der Waals surface area contributed by atoms with Crippen molar-refractivity contribution in [2.75, 3.05) is 26.7 Å². The Bertz CT molecular complexity index is 435. The van der Waals surface area contributed by atoms with E-state index in [1.807, 2.05) is 29.2 Å². The van der Waals surface area contributed by atoms with Crippen LogP contribution in [0, 0.1) is 5.92 Å². The quantitative estimate of drug-likeness (QED) is 0.747. The lowest BCUT2D eigenvalue weighted by atomic mass is 10.0. The second-order valence-corrected chi connectivity index (χ2v) is 5.32. The van der Waals surface area contributed by atoms with E-state index in [1.165, 1.54) is 0 Å². The number of carbonyl (C=O) groups is 1. The number of hydrogen-bond donors (Lipinski definition) is 2. The first-order chi connectivity index (χ1) is 9.47. The molecule has 0 saturated carbocycles. The molecule has 112 valence electrons. The van der Waals surface area contributed by atoms with Gasteiger partial charge in [-0.2, -0.15) is 0 Å². The highest BCUT2D eigenvalue weighted by atomic mass is 16.5. The normalized spacial score (nSPS) is 12.7. The fourth-order valence-electron chi connectivity index (χ4n) is 2.32. The fourth-order valence-corrected chi connectivity index (χ4v) is 2.32. The minimum atomic E-state index is -0.341. The predicted octanol–water partition coefficient (Wildman–Crippen LogP) is 1.14. The molecule has 0 heterocycles. The van der Waals surface area contributed by atoms with Gasteiger partial charge >= 0.3 is 0 Å². The van der Waals surface area contributed by atoms with E-state index in [9.17, 15) is 4.79 Å². The molecule has 1 amide bonds. The molecular weight excluding hydrogens is 254 g/mol. The van der Waals surface area contributed by atoms with Crippen LogP contribution < -0.4 is 16.2 Å². The molecule has 1 atom stereocenters. The predicted molar refractivity (Wildman–Crippen MR) is 80.4 cm³/mol. The average molecular weight is 279 g/mol. The van der Waals surface area contributed by atoms with E-state index < -0.39 is 0 Å². The second kappa shape index (κ2) is 7.87. The first kappa shape index (κ1) is 16.5. The number of methoxy groups -OCH3 is 1. The molecule has 0 bridgehead atoms. The van der Waals surface area contributed by atoms with Crippen LogP contribution in [0.2, 0.25) is 0 Å². The maximum absolute atomic E-state index is 11.3. The van der Waals surface area contributed by atoms with Gasteiger partial charge in [0.25, 0.3) is 0 Å². The van der Waals surface area contributed by atoms with Gasteiger partial charge in [-0.05, 0) is 23.6 Å². The van der Waals surface area contributed by atoms with Gasteiger partial charge in [0.1, 0.15) is 5.75 Å². The zero-order valence-electron chi connectivity index (χ0n) is 12.5. The SMILES string of the molecule is COc1cccc(C(CN)N(CC(N)=O)CC(C)C)c1. The smallest absolute Gasteiger partial charge is 0.231 e. The molecule has 0 aliphatic rings. The number of carbonyl (C=O) groups excluding carboxylic acids is 1. The topological polar surface area (TPSA) is 81.6 Å². The summed E-state index contributed by atoms with van der Waals surface area (Å²) in [5.41, 5.74) is 12.3. The van der Waals surface area contributed by atoms with Crippen molar-refractivity contribution in [1.29, 1.82) is 0 Å². The largest absolute Gasteiger partial charge is 0.497 e. The third kappa shape index (κ3) is 4.83. The Balaban J connectivity index is 3.00. The summed E-state index contributed by atoms with van der Waals surface area (Å²) in [7, 11) is 1.63. The number of ether oxygens (including phenoxy) is 1. The summed E-state index contributed by atoms with van der Waals surface area (Å²) in [4.78, 5) is 13.3. The highest BCUT2D eigenvalue weighted by Crippen LogP contribution is 2.24. The Kier molecular flexibility index (Phi) is 6.48. The van der Waals surface area contributed by atoms with Crippen LogP contribution in [0.5, 0.6) is 5.75 Å². The van der Waals surface area contributed by atoms with Crippen molar-refractivity contribution in [3.63, 3.8) is 0 Å². The summed E-state index contributed by atoms with van der Waals surface area (Å²) in [5, 5.41) is 0. The van der Waals surface area contributed by atoms with Crippen LogP contribution in [0.25, 0.3) is 0 Å².